The number of rotatable bonds is 8. The first-order valence-corrected chi connectivity index (χ1v) is 8.15. The minimum absolute atomic E-state index is 0.209. The molecule has 0 aliphatic heterocycles. The van der Waals surface area contributed by atoms with Gasteiger partial charge in [0.1, 0.15) is 0 Å². The monoisotopic (exact) mass is 277 g/mol. The summed E-state index contributed by atoms with van der Waals surface area (Å²) in [6, 6.07) is 1.53. The van der Waals surface area contributed by atoms with Crippen molar-refractivity contribution in [1.82, 2.24) is 4.72 Å². The predicted octanol–water partition coefficient (Wildman–Crippen LogP) is 2.10. The van der Waals surface area contributed by atoms with Gasteiger partial charge in [-0.3, -0.25) is 0 Å². The normalized spacial score (nSPS) is 11.9. The Hall–Kier alpha value is -0.430. The molecule has 0 aromatic carbocycles. The van der Waals surface area contributed by atoms with Crippen LogP contribution in [0.4, 0.5) is 0 Å². The van der Waals surface area contributed by atoms with Crippen molar-refractivity contribution in [1.29, 1.82) is 0 Å². The third kappa shape index (κ3) is 4.39. The standard InChI is InChI=1S/C11H19NO3S2/c1-2-3-4-5-7-12-17(14,15)11-6-8-16-10(11)9-13/h6,8,12-13H,2-5,7,9H2,1H3. The van der Waals surface area contributed by atoms with Crippen LogP contribution in [0.25, 0.3) is 0 Å². The second kappa shape index (κ2) is 7.10. The van der Waals surface area contributed by atoms with Crippen molar-refractivity contribution in [3.05, 3.63) is 16.3 Å². The molecule has 0 unspecified atom stereocenters. The molecule has 6 heteroatoms. The van der Waals surface area contributed by atoms with Gasteiger partial charge in [-0.05, 0) is 17.9 Å². The Morgan fingerprint density at radius 3 is 2.76 bits per heavy atom. The van der Waals surface area contributed by atoms with Crippen molar-refractivity contribution in [2.75, 3.05) is 6.54 Å². The first-order chi connectivity index (χ1) is 8.11. The molecule has 4 nitrogen and oxygen atoms in total. The SMILES string of the molecule is CCCCCCNS(=O)(=O)c1ccsc1CO. The van der Waals surface area contributed by atoms with E-state index in [0.29, 0.717) is 11.4 Å². The molecule has 0 bridgehead atoms. The highest BCUT2D eigenvalue weighted by atomic mass is 32.2. The van der Waals surface area contributed by atoms with Gasteiger partial charge < -0.3 is 5.11 Å². The van der Waals surface area contributed by atoms with Crippen molar-refractivity contribution in [2.24, 2.45) is 0 Å². The molecule has 17 heavy (non-hydrogen) atoms. The van der Waals surface area contributed by atoms with Crippen LogP contribution in [0, 0.1) is 0 Å². The summed E-state index contributed by atoms with van der Waals surface area (Å²) in [6.45, 7) is 2.34. The van der Waals surface area contributed by atoms with Gasteiger partial charge in [0.15, 0.2) is 0 Å². The maximum atomic E-state index is 11.9. The molecule has 98 valence electrons. The van der Waals surface area contributed by atoms with Gasteiger partial charge >= 0.3 is 0 Å². The van der Waals surface area contributed by atoms with Crippen molar-refractivity contribution >= 4 is 21.4 Å². The minimum Gasteiger partial charge on any atom is -0.391 e. The molecular formula is C11H19NO3S2. The summed E-state index contributed by atoms with van der Waals surface area (Å²) in [4.78, 5) is 0.701. The van der Waals surface area contributed by atoms with Crippen LogP contribution in [0.2, 0.25) is 0 Å². The van der Waals surface area contributed by atoms with Crippen molar-refractivity contribution in [3.63, 3.8) is 0 Å². The van der Waals surface area contributed by atoms with Crippen LogP contribution >= 0.6 is 11.3 Å². The first-order valence-electron chi connectivity index (χ1n) is 5.78. The van der Waals surface area contributed by atoms with E-state index < -0.39 is 10.0 Å². The second-order valence-corrected chi connectivity index (χ2v) is 6.56. The van der Waals surface area contributed by atoms with Crippen LogP contribution < -0.4 is 4.72 Å². The quantitative estimate of drug-likeness (QED) is 0.715. The Morgan fingerprint density at radius 1 is 1.35 bits per heavy atom. The van der Waals surface area contributed by atoms with Gasteiger partial charge in [0.25, 0.3) is 0 Å². The van der Waals surface area contributed by atoms with E-state index >= 15 is 0 Å². The van der Waals surface area contributed by atoms with E-state index in [1.807, 2.05) is 0 Å². The number of aliphatic hydroxyl groups excluding tert-OH is 1. The number of thiophene rings is 1. The molecule has 0 radical (unpaired) electrons. The highest BCUT2D eigenvalue weighted by Crippen LogP contribution is 2.21. The summed E-state index contributed by atoms with van der Waals surface area (Å²) >= 11 is 1.25. The lowest BCUT2D eigenvalue weighted by atomic mass is 10.2. The van der Waals surface area contributed by atoms with Crippen LogP contribution in [0.1, 0.15) is 37.5 Å². The molecule has 0 aliphatic rings. The summed E-state index contributed by atoms with van der Waals surface area (Å²) in [5, 5.41) is 10.7. The fourth-order valence-corrected chi connectivity index (χ4v) is 3.89. The van der Waals surface area contributed by atoms with Crippen LogP contribution in [0.5, 0.6) is 0 Å². The smallest absolute Gasteiger partial charge is 0.241 e. The molecular weight excluding hydrogens is 258 g/mol. The van der Waals surface area contributed by atoms with E-state index in [0.717, 1.165) is 25.7 Å². The molecule has 0 fully saturated rings. The Labute approximate surface area is 107 Å². The van der Waals surface area contributed by atoms with E-state index in [-0.39, 0.29) is 11.5 Å². The van der Waals surface area contributed by atoms with Crippen molar-refractivity contribution in [3.8, 4) is 0 Å². The largest absolute Gasteiger partial charge is 0.391 e. The molecule has 0 amide bonds. The molecule has 1 aromatic heterocycles. The van der Waals surface area contributed by atoms with Gasteiger partial charge in [0, 0.05) is 11.4 Å². The van der Waals surface area contributed by atoms with E-state index in [9.17, 15) is 8.42 Å². The summed E-state index contributed by atoms with van der Waals surface area (Å²) in [6.07, 6.45) is 4.15. The summed E-state index contributed by atoms with van der Waals surface area (Å²) in [5.41, 5.74) is 0. The number of unbranched alkanes of at least 4 members (excludes halogenated alkanes) is 3. The number of aliphatic hydroxyl groups is 1. The molecule has 1 heterocycles. The Kier molecular flexibility index (Phi) is 6.11. The van der Waals surface area contributed by atoms with Crippen LogP contribution in [-0.4, -0.2) is 20.1 Å². The van der Waals surface area contributed by atoms with E-state index in [1.54, 1.807) is 5.38 Å². The molecule has 0 saturated heterocycles. The van der Waals surface area contributed by atoms with E-state index in [4.69, 9.17) is 5.11 Å². The lowest BCUT2D eigenvalue weighted by Gasteiger charge is -2.06. The summed E-state index contributed by atoms with van der Waals surface area (Å²) in [7, 11) is -3.45. The first kappa shape index (κ1) is 14.6. The third-order valence-corrected chi connectivity index (χ3v) is 5.04. The zero-order valence-electron chi connectivity index (χ0n) is 9.98. The zero-order valence-corrected chi connectivity index (χ0v) is 11.6. The van der Waals surface area contributed by atoms with E-state index in [1.165, 1.54) is 17.4 Å². The number of nitrogens with one attached hydrogen (secondary N) is 1. The van der Waals surface area contributed by atoms with Gasteiger partial charge in [-0.25, -0.2) is 13.1 Å². The fraction of sp³-hybridized carbons (Fsp3) is 0.636. The van der Waals surface area contributed by atoms with Gasteiger partial charge in [-0.1, -0.05) is 26.2 Å². The lowest BCUT2D eigenvalue weighted by molar-refractivity contribution is 0.282. The predicted molar refractivity (Wildman–Crippen MR) is 69.6 cm³/mol. The minimum atomic E-state index is -3.45. The Balaban J connectivity index is 2.51. The maximum absolute atomic E-state index is 11.9. The highest BCUT2D eigenvalue weighted by Gasteiger charge is 2.18. The molecule has 1 aromatic rings. The number of sulfonamides is 1. The highest BCUT2D eigenvalue weighted by molar-refractivity contribution is 7.89. The zero-order chi connectivity index (χ0) is 12.7. The van der Waals surface area contributed by atoms with Gasteiger partial charge in [0.05, 0.1) is 11.5 Å². The van der Waals surface area contributed by atoms with Crippen LogP contribution in [-0.2, 0) is 16.6 Å². The summed E-state index contributed by atoms with van der Waals surface area (Å²) < 4.78 is 26.3. The van der Waals surface area contributed by atoms with Gasteiger partial charge in [0.2, 0.25) is 10.0 Å². The second-order valence-electron chi connectivity index (χ2n) is 3.82. The van der Waals surface area contributed by atoms with Gasteiger partial charge in [-0.2, -0.15) is 0 Å². The molecule has 0 aliphatic carbocycles. The Morgan fingerprint density at radius 2 is 2.12 bits per heavy atom. The molecule has 0 saturated carbocycles. The number of hydrogen-bond donors (Lipinski definition) is 2. The average molecular weight is 277 g/mol. The van der Waals surface area contributed by atoms with Gasteiger partial charge in [-0.15, -0.1) is 11.3 Å². The van der Waals surface area contributed by atoms with Crippen LogP contribution in [0.15, 0.2) is 16.3 Å². The topological polar surface area (TPSA) is 66.4 Å². The Bertz CT molecular complexity index is 426. The molecule has 2 N–H and O–H groups in total. The van der Waals surface area contributed by atoms with Crippen molar-refractivity contribution in [2.45, 2.75) is 44.1 Å². The third-order valence-electron chi connectivity index (χ3n) is 2.46. The molecule has 1 rings (SSSR count). The molecule has 0 atom stereocenters. The van der Waals surface area contributed by atoms with Crippen molar-refractivity contribution < 1.29 is 13.5 Å². The van der Waals surface area contributed by atoms with E-state index in [2.05, 4.69) is 11.6 Å². The number of hydrogen-bond acceptors (Lipinski definition) is 4. The maximum Gasteiger partial charge on any atom is 0.241 e. The molecule has 0 spiro atoms. The summed E-state index contributed by atoms with van der Waals surface area (Å²) in [5.74, 6) is 0. The van der Waals surface area contributed by atoms with Crippen LogP contribution in [0.3, 0.4) is 0 Å². The lowest BCUT2D eigenvalue weighted by Crippen LogP contribution is -2.25. The average Bonchev–Trinajstić information content (AvgIpc) is 2.77. The fourth-order valence-electron chi connectivity index (χ4n) is 1.52.